The van der Waals surface area contributed by atoms with E-state index in [9.17, 15) is 23.1 Å². The van der Waals surface area contributed by atoms with E-state index in [1.54, 1.807) is 24.3 Å². The van der Waals surface area contributed by atoms with Crippen LogP contribution in [0.2, 0.25) is 0 Å². The molecule has 0 radical (unpaired) electrons. The minimum absolute atomic E-state index is 0. The molecule has 2 saturated heterocycles. The van der Waals surface area contributed by atoms with Crippen LogP contribution in [-0.2, 0) is 14.8 Å². The Kier molecular flexibility index (Phi) is 8.80. The fourth-order valence-corrected chi connectivity index (χ4v) is 6.32. The molecule has 0 unspecified atom stereocenters. The van der Waals surface area contributed by atoms with Crippen molar-refractivity contribution in [1.29, 1.82) is 0 Å². The number of hydrogen-bond donors (Lipinski definition) is 3. The molecule has 0 atom stereocenters. The quantitative estimate of drug-likeness (QED) is 0.349. The normalized spacial score (nSPS) is 16.9. The molecule has 0 saturated carbocycles. The first-order valence-electron chi connectivity index (χ1n) is 12.8. The summed E-state index contributed by atoms with van der Waals surface area (Å²) in [6.07, 6.45) is 3.47. The smallest absolute Gasteiger partial charge is 0.251 e. The molecule has 3 aromatic rings. The monoisotopic (exact) mass is 576 g/mol. The van der Waals surface area contributed by atoms with Crippen LogP contribution in [0.15, 0.2) is 41.4 Å². The maximum atomic E-state index is 13.0. The number of aromatic amines is 1. The number of piperazine rings is 1. The number of aromatic nitrogens is 2. The topological polar surface area (TPSA) is 139 Å². The third kappa shape index (κ3) is 6.03. The number of pyridine rings is 1. The number of hydrogen-bond acceptors (Lipinski definition) is 7. The number of carbonyl (C=O) groups is 2. The van der Waals surface area contributed by atoms with Crippen molar-refractivity contribution in [1.82, 2.24) is 29.4 Å². The average Bonchev–Trinajstić information content (AvgIpc) is 3.47. The van der Waals surface area contributed by atoms with Crippen LogP contribution in [-0.4, -0.2) is 102 Å². The lowest BCUT2D eigenvalue weighted by Crippen LogP contribution is -2.47. The molecule has 2 aromatic heterocycles. The minimum Gasteiger partial charge on any atom is -0.494 e. The average molecular weight is 577 g/mol. The van der Waals surface area contributed by atoms with E-state index in [2.05, 4.69) is 20.2 Å². The largest absolute Gasteiger partial charge is 0.494 e. The van der Waals surface area contributed by atoms with Crippen LogP contribution in [0.5, 0.6) is 5.88 Å². The van der Waals surface area contributed by atoms with Crippen molar-refractivity contribution in [2.45, 2.75) is 24.2 Å². The van der Waals surface area contributed by atoms with Crippen molar-refractivity contribution in [3.8, 4) is 17.1 Å². The molecule has 1 aromatic carbocycles. The van der Waals surface area contributed by atoms with E-state index >= 15 is 0 Å². The Hall–Kier alpha value is -3.19. The van der Waals surface area contributed by atoms with Gasteiger partial charge in [0.25, 0.3) is 5.91 Å². The lowest BCUT2D eigenvalue weighted by Gasteiger charge is -2.31. The Bertz CT molecular complexity index is 1450. The van der Waals surface area contributed by atoms with Gasteiger partial charge >= 0.3 is 0 Å². The number of sulfonamides is 1. The number of likely N-dealkylation sites (N-methyl/N-ethyl adjacent to an activating group) is 1. The van der Waals surface area contributed by atoms with Gasteiger partial charge in [-0.15, -0.1) is 12.4 Å². The molecule has 0 bridgehead atoms. The van der Waals surface area contributed by atoms with Gasteiger partial charge in [0, 0.05) is 74.9 Å². The summed E-state index contributed by atoms with van der Waals surface area (Å²) in [5, 5.41) is 14.1. The van der Waals surface area contributed by atoms with Gasteiger partial charge in [0.05, 0.1) is 11.3 Å². The van der Waals surface area contributed by atoms with Crippen molar-refractivity contribution >= 4 is 45.1 Å². The standard InChI is InChI=1S/C26H32N6O5S.ClH/c1-30-12-14-32(15-13-30)38(36,37)19-6-8-22(28-17-19)24-20-16-18(5-7-21(20)29-26(24)35)25(34)27-9-3-11-31-10-2-4-23(31)33;/h5-8,16-17,29,35H,2-4,9-15H2,1H3,(H,27,34);1H. The summed E-state index contributed by atoms with van der Waals surface area (Å²) < 4.78 is 27.5. The zero-order chi connectivity index (χ0) is 26.9. The van der Waals surface area contributed by atoms with Crippen molar-refractivity contribution in [2.24, 2.45) is 0 Å². The Morgan fingerprint density at radius 3 is 2.56 bits per heavy atom. The third-order valence-corrected chi connectivity index (χ3v) is 9.08. The molecule has 11 nitrogen and oxygen atoms in total. The number of halogens is 1. The number of nitrogens with zero attached hydrogens (tertiary/aromatic N) is 4. The summed E-state index contributed by atoms with van der Waals surface area (Å²) in [7, 11) is -1.70. The highest BCUT2D eigenvalue weighted by molar-refractivity contribution is 7.89. The van der Waals surface area contributed by atoms with Crippen molar-refractivity contribution in [2.75, 3.05) is 52.9 Å². The second kappa shape index (κ2) is 11.9. The van der Waals surface area contributed by atoms with Crippen LogP contribution < -0.4 is 5.32 Å². The highest BCUT2D eigenvalue weighted by Crippen LogP contribution is 2.36. The summed E-state index contributed by atoms with van der Waals surface area (Å²) in [5.74, 6) is -0.206. The molecule has 39 heavy (non-hydrogen) atoms. The van der Waals surface area contributed by atoms with Crippen molar-refractivity contribution in [3.05, 3.63) is 42.1 Å². The minimum atomic E-state index is -3.66. The van der Waals surface area contributed by atoms with E-state index < -0.39 is 10.0 Å². The Labute approximate surface area is 233 Å². The number of nitrogens with one attached hydrogen (secondary N) is 2. The van der Waals surface area contributed by atoms with E-state index in [4.69, 9.17) is 0 Å². The SMILES string of the molecule is CN1CCN(S(=O)(=O)c2ccc(-c3c(O)[nH]c4ccc(C(=O)NCCCN5CCCC5=O)cc34)nc2)CC1.Cl. The number of amides is 2. The van der Waals surface area contributed by atoms with Gasteiger partial charge in [0.2, 0.25) is 15.9 Å². The van der Waals surface area contributed by atoms with Crippen LogP contribution in [0.1, 0.15) is 29.6 Å². The third-order valence-electron chi connectivity index (χ3n) is 7.20. The first-order chi connectivity index (χ1) is 18.2. The first-order valence-corrected chi connectivity index (χ1v) is 14.2. The van der Waals surface area contributed by atoms with Gasteiger partial charge in [-0.3, -0.25) is 14.6 Å². The maximum Gasteiger partial charge on any atom is 0.251 e. The lowest BCUT2D eigenvalue weighted by atomic mass is 10.1. The molecular formula is C26H33ClN6O5S. The zero-order valence-corrected chi connectivity index (χ0v) is 23.4. The lowest BCUT2D eigenvalue weighted by molar-refractivity contribution is -0.127. The number of carbonyl (C=O) groups excluding carboxylic acids is 2. The molecule has 2 aliphatic rings. The van der Waals surface area contributed by atoms with E-state index in [1.165, 1.54) is 16.6 Å². The van der Waals surface area contributed by atoms with Gasteiger partial charge in [-0.2, -0.15) is 4.31 Å². The highest BCUT2D eigenvalue weighted by atomic mass is 35.5. The number of likely N-dealkylation sites (tertiary alicyclic amines) is 1. The Morgan fingerprint density at radius 2 is 1.90 bits per heavy atom. The van der Waals surface area contributed by atoms with E-state index in [1.807, 2.05) is 11.9 Å². The van der Waals surface area contributed by atoms with Crippen LogP contribution in [0.4, 0.5) is 0 Å². The van der Waals surface area contributed by atoms with Crippen molar-refractivity contribution in [3.63, 3.8) is 0 Å². The van der Waals surface area contributed by atoms with Gasteiger partial charge in [-0.25, -0.2) is 8.42 Å². The number of benzene rings is 1. The van der Waals surface area contributed by atoms with Crippen molar-refractivity contribution < 1.29 is 23.1 Å². The molecule has 3 N–H and O–H groups in total. The predicted molar refractivity (Wildman–Crippen MR) is 149 cm³/mol. The summed E-state index contributed by atoms with van der Waals surface area (Å²) in [4.78, 5) is 35.8. The number of H-pyrrole nitrogens is 1. The van der Waals surface area contributed by atoms with Crippen LogP contribution in [0.25, 0.3) is 22.2 Å². The number of aromatic hydroxyl groups is 1. The first kappa shape index (κ1) is 28.8. The summed E-state index contributed by atoms with van der Waals surface area (Å²) in [6, 6.07) is 8.12. The van der Waals surface area contributed by atoms with Gasteiger partial charge in [-0.1, -0.05) is 0 Å². The van der Waals surface area contributed by atoms with Gasteiger partial charge < -0.3 is 25.2 Å². The van der Waals surface area contributed by atoms with Crippen LogP contribution >= 0.6 is 12.4 Å². The second-order valence-electron chi connectivity index (χ2n) is 9.79. The summed E-state index contributed by atoms with van der Waals surface area (Å²) >= 11 is 0. The molecule has 210 valence electrons. The fraction of sp³-hybridized carbons (Fsp3) is 0.423. The molecule has 4 heterocycles. The zero-order valence-electron chi connectivity index (χ0n) is 21.7. The molecule has 2 fully saturated rings. The molecular weight excluding hydrogens is 544 g/mol. The highest BCUT2D eigenvalue weighted by Gasteiger charge is 2.28. The second-order valence-corrected chi connectivity index (χ2v) is 11.7. The molecule has 5 rings (SSSR count). The van der Waals surface area contributed by atoms with Gasteiger partial charge in [0.15, 0.2) is 5.88 Å². The summed E-state index contributed by atoms with van der Waals surface area (Å²) in [6.45, 7) is 4.02. The number of fused-ring (bicyclic) bond motifs is 1. The maximum absolute atomic E-state index is 13.0. The van der Waals surface area contributed by atoms with Crippen LogP contribution in [0.3, 0.4) is 0 Å². The van der Waals surface area contributed by atoms with Gasteiger partial charge in [0.1, 0.15) is 4.90 Å². The molecule has 13 heteroatoms. The summed E-state index contributed by atoms with van der Waals surface area (Å²) in [5.41, 5.74) is 1.83. The predicted octanol–water partition coefficient (Wildman–Crippen LogP) is 2.04. The molecule has 2 aliphatic heterocycles. The molecule has 0 aliphatic carbocycles. The molecule has 2 amide bonds. The fourth-order valence-electron chi connectivity index (χ4n) is 4.95. The Balaban J connectivity index is 0.00000353. The van der Waals surface area contributed by atoms with E-state index in [0.29, 0.717) is 79.8 Å². The number of rotatable bonds is 8. The molecule has 0 spiro atoms. The van der Waals surface area contributed by atoms with E-state index in [-0.39, 0.29) is 35.0 Å². The van der Waals surface area contributed by atoms with Crippen LogP contribution in [0, 0.1) is 0 Å². The van der Waals surface area contributed by atoms with E-state index in [0.717, 1.165) is 13.0 Å². The Morgan fingerprint density at radius 1 is 1.13 bits per heavy atom. The van der Waals surface area contributed by atoms with Gasteiger partial charge in [-0.05, 0) is 50.2 Å².